The fraction of sp³-hybridized carbons (Fsp3) is 0.500. The summed E-state index contributed by atoms with van der Waals surface area (Å²) in [7, 11) is 0. The Labute approximate surface area is 95.6 Å². The number of thioether (sulfide) groups is 1. The van der Waals surface area contributed by atoms with E-state index in [-0.39, 0.29) is 0 Å². The fourth-order valence-electron chi connectivity index (χ4n) is 1.78. The zero-order valence-electron chi connectivity index (χ0n) is 9.07. The molecule has 0 saturated carbocycles. The van der Waals surface area contributed by atoms with E-state index in [1.54, 1.807) is 0 Å². The highest BCUT2D eigenvalue weighted by Gasteiger charge is 2.21. The first-order chi connectivity index (χ1) is 7.29. The van der Waals surface area contributed by atoms with Crippen LogP contribution in [0.3, 0.4) is 0 Å². The summed E-state index contributed by atoms with van der Waals surface area (Å²) >= 11 is 1.99. The fourth-order valence-corrected chi connectivity index (χ4v) is 3.05. The number of rotatable bonds is 4. The van der Waals surface area contributed by atoms with Crippen molar-refractivity contribution >= 4 is 11.8 Å². The molecule has 1 aromatic rings. The molecule has 2 atom stereocenters. The molecule has 2 nitrogen and oxygen atoms in total. The van der Waals surface area contributed by atoms with Crippen molar-refractivity contribution in [1.82, 2.24) is 5.32 Å². The number of hydrogen-bond acceptors (Lipinski definition) is 3. The van der Waals surface area contributed by atoms with Crippen molar-refractivity contribution in [2.45, 2.75) is 29.5 Å². The van der Waals surface area contributed by atoms with E-state index in [4.69, 9.17) is 5.73 Å². The van der Waals surface area contributed by atoms with Crippen LogP contribution < -0.4 is 11.1 Å². The Hall–Kier alpha value is -0.510. The number of nitrogens with two attached hydrogens (primary N) is 1. The van der Waals surface area contributed by atoms with Crippen LogP contribution in [-0.4, -0.2) is 24.4 Å². The van der Waals surface area contributed by atoms with E-state index in [1.807, 2.05) is 11.8 Å². The quantitative estimate of drug-likeness (QED) is 0.813. The molecule has 0 aromatic heterocycles. The Morgan fingerprint density at radius 3 is 3.07 bits per heavy atom. The Bertz CT molecular complexity index is 302. The Kier molecular flexibility index (Phi) is 3.67. The van der Waals surface area contributed by atoms with Crippen molar-refractivity contribution in [3.63, 3.8) is 0 Å². The smallest absolute Gasteiger partial charge is 0.0260 e. The SMILES string of the molecule is C[C@@H](CN)NCC1Cc2ccccc2S1. The second kappa shape index (κ2) is 5.01. The number of benzene rings is 1. The molecule has 3 heteroatoms. The minimum Gasteiger partial charge on any atom is -0.329 e. The third-order valence-corrected chi connectivity index (χ3v) is 4.08. The highest BCUT2D eigenvalue weighted by atomic mass is 32.2. The average Bonchev–Trinajstić information content (AvgIpc) is 2.68. The molecule has 1 aliphatic heterocycles. The lowest BCUT2D eigenvalue weighted by Gasteiger charge is -2.14. The van der Waals surface area contributed by atoms with Crippen LogP contribution in [0.2, 0.25) is 0 Å². The monoisotopic (exact) mass is 222 g/mol. The van der Waals surface area contributed by atoms with E-state index in [2.05, 4.69) is 36.5 Å². The van der Waals surface area contributed by atoms with E-state index >= 15 is 0 Å². The van der Waals surface area contributed by atoms with Crippen LogP contribution in [0, 0.1) is 0 Å². The van der Waals surface area contributed by atoms with E-state index < -0.39 is 0 Å². The maximum absolute atomic E-state index is 5.57. The third kappa shape index (κ3) is 2.74. The maximum Gasteiger partial charge on any atom is 0.0260 e. The average molecular weight is 222 g/mol. The Balaban J connectivity index is 1.85. The molecule has 1 aliphatic rings. The Morgan fingerprint density at radius 1 is 1.53 bits per heavy atom. The van der Waals surface area contributed by atoms with Gasteiger partial charge in [0, 0.05) is 29.3 Å². The van der Waals surface area contributed by atoms with Crippen LogP contribution >= 0.6 is 11.8 Å². The first-order valence-corrected chi connectivity index (χ1v) is 6.35. The molecule has 15 heavy (non-hydrogen) atoms. The van der Waals surface area contributed by atoms with Crippen LogP contribution in [0.4, 0.5) is 0 Å². The van der Waals surface area contributed by atoms with Gasteiger partial charge < -0.3 is 11.1 Å². The van der Waals surface area contributed by atoms with Crippen LogP contribution in [0.5, 0.6) is 0 Å². The van der Waals surface area contributed by atoms with Gasteiger partial charge in [-0.3, -0.25) is 0 Å². The summed E-state index contributed by atoms with van der Waals surface area (Å²) in [5.74, 6) is 0. The third-order valence-electron chi connectivity index (χ3n) is 2.76. The van der Waals surface area contributed by atoms with Gasteiger partial charge in [-0.25, -0.2) is 0 Å². The summed E-state index contributed by atoms with van der Waals surface area (Å²) < 4.78 is 0. The molecule has 1 unspecified atom stereocenters. The summed E-state index contributed by atoms with van der Waals surface area (Å²) in [6, 6.07) is 9.11. The Morgan fingerprint density at radius 2 is 2.33 bits per heavy atom. The van der Waals surface area contributed by atoms with Crippen molar-refractivity contribution in [3.05, 3.63) is 29.8 Å². The van der Waals surface area contributed by atoms with Gasteiger partial charge in [0.1, 0.15) is 0 Å². The lowest BCUT2D eigenvalue weighted by Crippen LogP contribution is -2.37. The predicted octanol–water partition coefficient (Wildman–Crippen LogP) is 1.64. The molecule has 0 fully saturated rings. The standard InChI is InChI=1S/C12H18N2S/c1-9(7-13)14-8-11-6-10-4-2-3-5-12(10)15-11/h2-5,9,11,14H,6-8,13H2,1H3/t9-,11?/m0/s1. The second-order valence-electron chi connectivity index (χ2n) is 4.10. The van der Waals surface area contributed by atoms with Gasteiger partial charge in [0.15, 0.2) is 0 Å². The molecule has 3 N–H and O–H groups in total. The van der Waals surface area contributed by atoms with Crippen molar-refractivity contribution < 1.29 is 0 Å². The van der Waals surface area contributed by atoms with Crippen LogP contribution in [0.1, 0.15) is 12.5 Å². The van der Waals surface area contributed by atoms with Crippen molar-refractivity contribution in [2.24, 2.45) is 5.73 Å². The molecule has 1 heterocycles. The topological polar surface area (TPSA) is 38.0 Å². The minimum atomic E-state index is 0.425. The van der Waals surface area contributed by atoms with Gasteiger partial charge in [-0.1, -0.05) is 18.2 Å². The molecule has 0 radical (unpaired) electrons. The van der Waals surface area contributed by atoms with Gasteiger partial charge in [0.2, 0.25) is 0 Å². The molecule has 0 amide bonds. The highest BCUT2D eigenvalue weighted by Crippen LogP contribution is 2.36. The molecule has 0 bridgehead atoms. The zero-order chi connectivity index (χ0) is 10.7. The normalized spacial score (nSPS) is 21.3. The van der Waals surface area contributed by atoms with Gasteiger partial charge >= 0.3 is 0 Å². The lowest BCUT2D eigenvalue weighted by atomic mass is 10.1. The molecule has 82 valence electrons. The summed E-state index contributed by atoms with van der Waals surface area (Å²) in [5.41, 5.74) is 7.07. The number of nitrogens with one attached hydrogen (secondary N) is 1. The van der Waals surface area contributed by atoms with Gasteiger partial charge in [-0.2, -0.15) is 0 Å². The summed E-state index contributed by atoms with van der Waals surface area (Å²) in [6.45, 7) is 3.90. The largest absolute Gasteiger partial charge is 0.329 e. The van der Waals surface area contributed by atoms with Gasteiger partial charge in [-0.05, 0) is 25.0 Å². The van der Waals surface area contributed by atoms with Gasteiger partial charge in [-0.15, -0.1) is 11.8 Å². The first kappa shape index (κ1) is 11.0. The van der Waals surface area contributed by atoms with E-state index in [0.717, 1.165) is 6.54 Å². The van der Waals surface area contributed by atoms with E-state index in [0.29, 0.717) is 17.8 Å². The van der Waals surface area contributed by atoms with Crippen LogP contribution in [-0.2, 0) is 6.42 Å². The van der Waals surface area contributed by atoms with Crippen molar-refractivity contribution in [3.8, 4) is 0 Å². The lowest BCUT2D eigenvalue weighted by molar-refractivity contribution is 0.551. The summed E-state index contributed by atoms with van der Waals surface area (Å²) in [4.78, 5) is 1.45. The van der Waals surface area contributed by atoms with Crippen LogP contribution in [0.25, 0.3) is 0 Å². The second-order valence-corrected chi connectivity index (χ2v) is 5.44. The molecule has 0 saturated heterocycles. The molecular weight excluding hydrogens is 204 g/mol. The summed E-state index contributed by atoms with van der Waals surface area (Å²) in [5, 5.41) is 4.14. The van der Waals surface area contributed by atoms with Crippen molar-refractivity contribution in [1.29, 1.82) is 0 Å². The highest BCUT2D eigenvalue weighted by molar-refractivity contribution is 8.00. The number of fused-ring (bicyclic) bond motifs is 1. The van der Waals surface area contributed by atoms with E-state index in [9.17, 15) is 0 Å². The predicted molar refractivity (Wildman–Crippen MR) is 66.3 cm³/mol. The van der Waals surface area contributed by atoms with Crippen molar-refractivity contribution in [2.75, 3.05) is 13.1 Å². The molecule has 0 spiro atoms. The first-order valence-electron chi connectivity index (χ1n) is 5.47. The van der Waals surface area contributed by atoms with E-state index in [1.165, 1.54) is 16.9 Å². The van der Waals surface area contributed by atoms with Crippen LogP contribution in [0.15, 0.2) is 29.2 Å². The number of hydrogen-bond donors (Lipinski definition) is 2. The molecule has 0 aliphatic carbocycles. The van der Waals surface area contributed by atoms with Gasteiger partial charge in [0.25, 0.3) is 0 Å². The molecule has 1 aromatic carbocycles. The van der Waals surface area contributed by atoms with Gasteiger partial charge in [0.05, 0.1) is 0 Å². The molecular formula is C12H18N2S. The minimum absolute atomic E-state index is 0.425. The summed E-state index contributed by atoms with van der Waals surface area (Å²) in [6.07, 6.45) is 1.19. The molecule has 2 rings (SSSR count). The zero-order valence-corrected chi connectivity index (χ0v) is 9.89. The maximum atomic E-state index is 5.57.